The van der Waals surface area contributed by atoms with Crippen LogP contribution in [-0.2, 0) is 9.59 Å². The van der Waals surface area contributed by atoms with E-state index >= 15 is 0 Å². The van der Waals surface area contributed by atoms with Crippen LogP contribution in [0.3, 0.4) is 0 Å². The van der Waals surface area contributed by atoms with Crippen molar-refractivity contribution in [2.24, 2.45) is 0 Å². The van der Waals surface area contributed by atoms with E-state index in [9.17, 15) is 9.59 Å². The van der Waals surface area contributed by atoms with Crippen molar-refractivity contribution in [1.82, 2.24) is 10.6 Å². The average molecular weight is 256 g/mol. The molecule has 0 radical (unpaired) electrons. The number of aliphatic carboxylic acids is 1. The van der Waals surface area contributed by atoms with Gasteiger partial charge in [0.2, 0.25) is 5.91 Å². The van der Waals surface area contributed by atoms with Crippen LogP contribution in [0.25, 0.3) is 0 Å². The zero-order chi connectivity index (χ0) is 13.4. The van der Waals surface area contributed by atoms with Crippen molar-refractivity contribution in [3.05, 3.63) is 0 Å². The number of carboxylic acids is 1. The van der Waals surface area contributed by atoms with Crippen molar-refractivity contribution in [1.29, 1.82) is 0 Å². The minimum atomic E-state index is -0.826. The molecule has 1 amide bonds. The van der Waals surface area contributed by atoms with Gasteiger partial charge in [0.05, 0.1) is 12.0 Å². The van der Waals surface area contributed by atoms with Gasteiger partial charge in [0, 0.05) is 6.42 Å². The first-order chi connectivity index (χ1) is 8.58. The maximum absolute atomic E-state index is 11.8. The molecule has 0 heterocycles. The molecule has 1 aliphatic rings. The molecule has 18 heavy (non-hydrogen) atoms. The zero-order valence-corrected chi connectivity index (χ0v) is 11.1. The first kappa shape index (κ1) is 15.0. The molecule has 0 unspecified atom stereocenters. The van der Waals surface area contributed by atoms with Gasteiger partial charge in [-0.2, -0.15) is 0 Å². The number of carbonyl (C=O) groups excluding carboxylic acids is 1. The molecular weight excluding hydrogens is 232 g/mol. The Bertz CT molecular complexity index is 286. The third-order valence-electron chi connectivity index (χ3n) is 3.54. The second-order valence-electron chi connectivity index (χ2n) is 5.17. The summed E-state index contributed by atoms with van der Waals surface area (Å²) < 4.78 is 0. The summed E-state index contributed by atoms with van der Waals surface area (Å²) in [7, 11) is 1.85. The van der Waals surface area contributed by atoms with Crippen LogP contribution >= 0.6 is 0 Å². The van der Waals surface area contributed by atoms with Crippen LogP contribution in [0.2, 0.25) is 0 Å². The van der Waals surface area contributed by atoms with E-state index in [2.05, 4.69) is 10.6 Å². The number of nitrogens with one attached hydrogen (secondary N) is 2. The Morgan fingerprint density at radius 2 is 1.89 bits per heavy atom. The first-order valence-electron chi connectivity index (χ1n) is 6.75. The van der Waals surface area contributed by atoms with Crippen LogP contribution in [0, 0.1) is 0 Å². The highest BCUT2D eigenvalue weighted by atomic mass is 16.4. The van der Waals surface area contributed by atoms with E-state index in [4.69, 9.17) is 5.11 Å². The SMILES string of the molecule is CNCCCC(=O)NC1(CC(=O)O)CCCCC1. The van der Waals surface area contributed by atoms with Gasteiger partial charge in [-0.05, 0) is 32.9 Å². The smallest absolute Gasteiger partial charge is 0.305 e. The van der Waals surface area contributed by atoms with Crippen molar-refractivity contribution in [2.75, 3.05) is 13.6 Å². The van der Waals surface area contributed by atoms with Gasteiger partial charge in [0.1, 0.15) is 0 Å². The van der Waals surface area contributed by atoms with E-state index in [1.807, 2.05) is 7.05 Å². The highest BCUT2D eigenvalue weighted by Crippen LogP contribution is 2.31. The fourth-order valence-electron chi connectivity index (χ4n) is 2.65. The van der Waals surface area contributed by atoms with E-state index < -0.39 is 11.5 Å². The molecule has 5 nitrogen and oxygen atoms in total. The second-order valence-corrected chi connectivity index (χ2v) is 5.17. The van der Waals surface area contributed by atoms with Crippen LogP contribution in [-0.4, -0.2) is 36.1 Å². The fraction of sp³-hybridized carbons (Fsp3) is 0.846. The van der Waals surface area contributed by atoms with Gasteiger partial charge in [-0.15, -0.1) is 0 Å². The lowest BCUT2D eigenvalue weighted by Gasteiger charge is -2.37. The Labute approximate surface area is 108 Å². The Morgan fingerprint density at radius 1 is 1.22 bits per heavy atom. The second kappa shape index (κ2) is 7.36. The zero-order valence-electron chi connectivity index (χ0n) is 11.1. The van der Waals surface area contributed by atoms with Crippen molar-refractivity contribution in [2.45, 2.75) is 56.9 Å². The molecule has 1 fully saturated rings. The summed E-state index contributed by atoms with van der Waals surface area (Å²) >= 11 is 0. The molecule has 0 atom stereocenters. The Balaban J connectivity index is 2.49. The number of carboxylic acid groups (broad SMARTS) is 1. The fourth-order valence-corrected chi connectivity index (χ4v) is 2.65. The van der Waals surface area contributed by atoms with E-state index in [1.54, 1.807) is 0 Å². The Kier molecular flexibility index (Phi) is 6.12. The molecule has 0 aromatic heterocycles. The number of hydrogen-bond acceptors (Lipinski definition) is 3. The summed E-state index contributed by atoms with van der Waals surface area (Å²) in [5, 5.41) is 15.0. The predicted octanol–water partition coefficient (Wildman–Crippen LogP) is 1.28. The lowest BCUT2D eigenvalue weighted by atomic mass is 9.79. The monoisotopic (exact) mass is 256 g/mol. The summed E-state index contributed by atoms with van der Waals surface area (Å²) in [5.74, 6) is -0.846. The molecule has 0 aliphatic heterocycles. The molecule has 3 N–H and O–H groups in total. The van der Waals surface area contributed by atoms with Crippen LogP contribution in [0.5, 0.6) is 0 Å². The summed E-state index contributed by atoms with van der Waals surface area (Å²) in [6, 6.07) is 0. The summed E-state index contributed by atoms with van der Waals surface area (Å²) in [5.41, 5.74) is -0.499. The highest BCUT2D eigenvalue weighted by Gasteiger charge is 2.35. The summed E-state index contributed by atoms with van der Waals surface area (Å²) in [4.78, 5) is 22.8. The lowest BCUT2D eigenvalue weighted by molar-refractivity contribution is -0.139. The molecule has 0 spiro atoms. The number of rotatable bonds is 7. The first-order valence-corrected chi connectivity index (χ1v) is 6.75. The maximum atomic E-state index is 11.8. The van der Waals surface area contributed by atoms with Gasteiger partial charge >= 0.3 is 5.97 Å². The topological polar surface area (TPSA) is 78.4 Å². The molecule has 5 heteroatoms. The van der Waals surface area contributed by atoms with E-state index in [1.165, 1.54) is 0 Å². The van der Waals surface area contributed by atoms with Crippen molar-refractivity contribution < 1.29 is 14.7 Å². The van der Waals surface area contributed by atoms with Gasteiger partial charge in [-0.3, -0.25) is 9.59 Å². The minimum Gasteiger partial charge on any atom is -0.481 e. The molecule has 1 aliphatic carbocycles. The standard InChI is InChI=1S/C13H24N2O3/c1-14-9-5-6-11(16)15-13(10-12(17)18)7-3-2-4-8-13/h14H,2-10H2,1H3,(H,15,16)(H,17,18). The minimum absolute atomic E-state index is 0.0200. The van der Waals surface area contributed by atoms with E-state index in [0.29, 0.717) is 6.42 Å². The number of hydrogen-bond donors (Lipinski definition) is 3. The highest BCUT2D eigenvalue weighted by molar-refractivity contribution is 5.78. The van der Waals surface area contributed by atoms with E-state index in [0.717, 1.165) is 45.1 Å². The number of carbonyl (C=O) groups is 2. The van der Waals surface area contributed by atoms with Crippen molar-refractivity contribution in [3.63, 3.8) is 0 Å². The third-order valence-corrected chi connectivity index (χ3v) is 3.54. The molecule has 0 saturated heterocycles. The molecular formula is C13H24N2O3. The Morgan fingerprint density at radius 3 is 2.44 bits per heavy atom. The van der Waals surface area contributed by atoms with Gasteiger partial charge in [0.15, 0.2) is 0 Å². The molecule has 0 bridgehead atoms. The van der Waals surface area contributed by atoms with Crippen molar-refractivity contribution in [3.8, 4) is 0 Å². The van der Waals surface area contributed by atoms with Gasteiger partial charge in [0.25, 0.3) is 0 Å². The van der Waals surface area contributed by atoms with Gasteiger partial charge in [-0.25, -0.2) is 0 Å². The van der Waals surface area contributed by atoms with E-state index in [-0.39, 0.29) is 12.3 Å². The van der Waals surface area contributed by atoms with Crippen molar-refractivity contribution >= 4 is 11.9 Å². The lowest BCUT2D eigenvalue weighted by Crippen LogP contribution is -2.51. The average Bonchev–Trinajstić information content (AvgIpc) is 2.29. The number of amides is 1. The maximum Gasteiger partial charge on any atom is 0.305 e. The molecule has 1 saturated carbocycles. The predicted molar refractivity (Wildman–Crippen MR) is 69.4 cm³/mol. The van der Waals surface area contributed by atoms with Crippen LogP contribution in [0.4, 0.5) is 0 Å². The van der Waals surface area contributed by atoms with Crippen LogP contribution < -0.4 is 10.6 Å². The third kappa shape index (κ3) is 5.04. The molecule has 0 aromatic carbocycles. The van der Waals surface area contributed by atoms with Crippen LogP contribution in [0.1, 0.15) is 51.4 Å². The van der Waals surface area contributed by atoms with Gasteiger partial charge in [-0.1, -0.05) is 19.3 Å². The molecule has 0 aromatic rings. The van der Waals surface area contributed by atoms with Gasteiger partial charge < -0.3 is 15.7 Å². The summed E-state index contributed by atoms with van der Waals surface area (Å²) in [6.07, 6.45) is 6.01. The quantitative estimate of drug-likeness (QED) is 0.600. The Hall–Kier alpha value is -1.10. The van der Waals surface area contributed by atoms with Crippen LogP contribution in [0.15, 0.2) is 0 Å². The molecule has 1 rings (SSSR count). The summed E-state index contributed by atoms with van der Waals surface area (Å²) in [6.45, 7) is 0.805. The largest absolute Gasteiger partial charge is 0.481 e. The molecule has 104 valence electrons. The normalized spacial score (nSPS) is 18.3.